The van der Waals surface area contributed by atoms with Crippen LogP contribution in [0.25, 0.3) is 11.0 Å². The van der Waals surface area contributed by atoms with Gasteiger partial charge >= 0.3 is 0 Å². The van der Waals surface area contributed by atoms with Gasteiger partial charge in [0.25, 0.3) is 0 Å². The molecule has 0 aliphatic heterocycles. The summed E-state index contributed by atoms with van der Waals surface area (Å²) in [7, 11) is 2.10. The van der Waals surface area contributed by atoms with E-state index in [1.54, 1.807) is 0 Å². The van der Waals surface area contributed by atoms with Crippen molar-refractivity contribution in [3.05, 3.63) is 29.6 Å². The van der Waals surface area contributed by atoms with Crippen molar-refractivity contribution in [3.63, 3.8) is 0 Å². The van der Waals surface area contributed by atoms with Crippen LogP contribution in [-0.4, -0.2) is 22.1 Å². The molecule has 1 aliphatic rings. The number of hydrogen-bond acceptors (Lipinski definition) is 2. The SMILES string of the molecule is CCc1nc2cc(CCNC3CC3)ccc2n1C. The molecular formula is C15H21N3. The fourth-order valence-electron chi connectivity index (χ4n) is 2.48. The predicted molar refractivity (Wildman–Crippen MR) is 74.8 cm³/mol. The Morgan fingerprint density at radius 2 is 2.22 bits per heavy atom. The zero-order valence-electron chi connectivity index (χ0n) is 11.2. The lowest BCUT2D eigenvalue weighted by atomic mass is 10.1. The smallest absolute Gasteiger partial charge is 0.109 e. The summed E-state index contributed by atoms with van der Waals surface area (Å²) in [6.45, 7) is 3.24. The van der Waals surface area contributed by atoms with E-state index < -0.39 is 0 Å². The van der Waals surface area contributed by atoms with Crippen LogP contribution in [0.2, 0.25) is 0 Å². The summed E-state index contributed by atoms with van der Waals surface area (Å²) in [5.41, 5.74) is 3.76. The van der Waals surface area contributed by atoms with Gasteiger partial charge < -0.3 is 9.88 Å². The van der Waals surface area contributed by atoms with E-state index in [1.165, 1.54) is 29.7 Å². The third-order valence-corrected chi connectivity index (χ3v) is 3.78. The maximum Gasteiger partial charge on any atom is 0.109 e. The molecule has 96 valence electrons. The maximum absolute atomic E-state index is 4.69. The van der Waals surface area contributed by atoms with Crippen molar-refractivity contribution in [1.29, 1.82) is 0 Å². The van der Waals surface area contributed by atoms with E-state index in [-0.39, 0.29) is 0 Å². The first-order chi connectivity index (χ1) is 8.78. The van der Waals surface area contributed by atoms with Crippen molar-refractivity contribution >= 4 is 11.0 Å². The second-order valence-electron chi connectivity index (χ2n) is 5.24. The fraction of sp³-hybridized carbons (Fsp3) is 0.533. The first kappa shape index (κ1) is 11.7. The van der Waals surface area contributed by atoms with Gasteiger partial charge in [-0.3, -0.25) is 0 Å². The van der Waals surface area contributed by atoms with Gasteiger partial charge in [0.05, 0.1) is 11.0 Å². The quantitative estimate of drug-likeness (QED) is 0.874. The number of imidazole rings is 1. The van der Waals surface area contributed by atoms with Crippen molar-refractivity contribution in [2.75, 3.05) is 6.54 Å². The molecule has 0 spiro atoms. The summed E-state index contributed by atoms with van der Waals surface area (Å²) in [6, 6.07) is 7.48. The first-order valence-corrected chi connectivity index (χ1v) is 6.95. The Hall–Kier alpha value is -1.35. The molecule has 1 heterocycles. The van der Waals surface area contributed by atoms with Crippen molar-refractivity contribution in [1.82, 2.24) is 14.9 Å². The number of fused-ring (bicyclic) bond motifs is 1. The molecule has 2 aromatic rings. The highest BCUT2D eigenvalue weighted by Crippen LogP contribution is 2.19. The van der Waals surface area contributed by atoms with Crippen LogP contribution in [0.3, 0.4) is 0 Å². The molecule has 1 aromatic carbocycles. The van der Waals surface area contributed by atoms with Crippen LogP contribution in [0.5, 0.6) is 0 Å². The summed E-state index contributed by atoms with van der Waals surface area (Å²) >= 11 is 0. The van der Waals surface area contributed by atoms with E-state index in [4.69, 9.17) is 0 Å². The lowest BCUT2D eigenvalue weighted by Gasteiger charge is -2.03. The topological polar surface area (TPSA) is 29.9 Å². The average Bonchev–Trinajstić information content (AvgIpc) is 3.14. The molecule has 0 unspecified atom stereocenters. The minimum Gasteiger partial charge on any atom is -0.331 e. The van der Waals surface area contributed by atoms with Gasteiger partial charge in [0, 0.05) is 19.5 Å². The van der Waals surface area contributed by atoms with Gasteiger partial charge in [0.1, 0.15) is 5.82 Å². The van der Waals surface area contributed by atoms with E-state index >= 15 is 0 Å². The zero-order chi connectivity index (χ0) is 12.5. The van der Waals surface area contributed by atoms with Gasteiger partial charge in [-0.1, -0.05) is 13.0 Å². The zero-order valence-corrected chi connectivity index (χ0v) is 11.2. The lowest BCUT2D eigenvalue weighted by Crippen LogP contribution is -2.19. The van der Waals surface area contributed by atoms with Gasteiger partial charge in [-0.05, 0) is 43.5 Å². The molecule has 3 nitrogen and oxygen atoms in total. The van der Waals surface area contributed by atoms with Crippen molar-refractivity contribution in [2.24, 2.45) is 7.05 Å². The van der Waals surface area contributed by atoms with Crippen LogP contribution in [0.1, 0.15) is 31.2 Å². The predicted octanol–water partition coefficient (Wildman–Crippen LogP) is 2.43. The number of hydrogen-bond donors (Lipinski definition) is 1. The minimum atomic E-state index is 0.801. The minimum absolute atomic E-state index is 0.801. The molecule has 0 atom stereocenters. The Kier molecular flexibility index (Phi) is 3.08. The molecule has 3 rings (SSSR count). The standard InChI is InChI=1S/C15H21N3/c1-3-15-17-13-10-11(4-7-14(13)18(15)2)8-9-16-12-5-6-12/h4,7,10,12,16H,3,5-6,8-9H2,1-2H3. The Morgan fingerprint density at radius 3 is 2.94 bits per heavy atom. The maximum atomic E-state index is 4.69. The highest BCUT2D eigenvalue weighted by atomic mass is 15.1. The van der Waals surface area contributed by atoms with E-state index in [1.807, 2.05) is 0 Å². The molecule has 1 fully saturated rings. The lowest BCUT2D eigenvalue weighted by molar-refractivity contribution is 0.682. The van der Waals surface area contributed by atoms with Crippen LogP contribution in [0.15, 0.2) is 18.2 Å². The van der Waals surface area contributed by atoms with Gasteiger partial charge in [-0.25, -0.2) is 4.98 Å². The Balaban J connectivity index is 1.76. The highest BCUT2D eigenvalue weighted by Gasteiger charge is 2.19. The van der Waals surface area contributed by atoms with Gasteiger partial charge in [-0.15, -0.1) is 0 Å². The third-order valence-electron chi connectivity index (χ3n) is 3.78. The molecule has 0 bridgehead atoms. The number of nitrogens with zero attached hydrogens (tertiary/aromatic N) is 2. The average molecular weight is 243 g/mol. The van der Waals surface area contributed by atoms with Gasteiger partial charge in [0.2, 0.25) is 0 Å². The second kappa shape index (κ2) is 4.73. The Bertz CT molecular complexity index is 552. The molecule has 1 aliphatic carbocycles. The molecule has 0 amide bonds. The molecule has 0 radical (unpaired) electrons. The molecule has 1 N–H and O–H groups in total. The molecule has 3 heteroatoms. The summed E-state index contributed by atoms with van der Waals surface area (Å²) in [5, 5.41) is 3.56. The summed E-state index contributed by atoms with van der Waals surface area (Å²) in [5.74, 6) is 1.17. The van der Waals surface area contributed by atoms with Gasteiger partial charge in [0.15, 0.2) is 0 Å². The summed E-state index contributed by atoms with van der Waals surface area (Å²) in [6.07, 6.45) is 4.81. The van der Waals surface area contributed by atoms with E-state index in [2.05, 4.69) is 47.0 Å². The highest BCUT2D eigenvalue weighted by molar-refractivity contribution is 5.76. The van der Waals surface area contributed by atoms with Crippen LogP contribution in [-0.2, 0) is 19.9 Å². The summed E-state index contributed by atoms with van der Waals surface area (Å²) < 4.78 is 2.20. The second-order valence-corrected chi connectivity index (χ2v) is 5.24. The fourth-order valence-corrected chi connectivity index (χ4v) is 2.48. The Morgan fingerprint density at radius 1 is 1.39 bits per heavy atom. The molecule has 1 saturated carbocycles. The number of aryl methyl sites for hydroxylation is 2. The van der Waals surface area contributed by atoms with Gasteiger partial charge in [-0.2, -0.15) is 0 Å². The summed E-state index contributed by atoms with van der Waals surface area (Å²) in [4.78, 5) is 4.69. The number of benzene rings is 1. The molecule has 0 saturated heterocycles. The number of nitrogens with one attached hydrogen (secondary N) is 1. The Labute approximate surface area is 108 Å². The van der Waals surface area contributed by atoms with Crippen molar-refractivity contribution in [3.8, 4) is 0 Å². The van der Waals surface area contributed by atoms with Crippen LogP contribution < -0.4 is 5.32 Å². The van der Waals surface area contributed by atoms with Crippen LogP contribution in [0, 0.1) is 0 Å². The number of rotatable bonds is 5. The van der Waals surface area contributed by atoms with E-state index in [9.17, 15) is 0 Å². The van der Waals surface area contributed by atoms with Crippen molar-refractivity contribution in [2.45, 2.75) is 38.6 Å². The molecule has 18 heavy (non-hydrogen) atoms. The van der Waals surface area contributed by atoms with E-state index in [0.717, 1.165) is 30.9 Å². The molecule has 1 aromatic heterocycles. The first-order valence-electron chi connectivity index (χ1n) is 6.95. The monoisotopic (exact) mass is 243 g/mol. The van der Waals surface area contributed by atoms with Crippen LogP contribution >= 0.6 is 0 Å². The van der Waals surface area contributed by atoms with E-state index in [0.29, 0.717) is 0 Å². The largest absolute Gasteiger partial charge is 0.331 e. The van der Waals surface area contributed by atoms with Crippen molar-refractivity contribution < 1.29 is 0 Å². The number of aromatic nitrogens is 2. The van der Waals surface area contributed by atoms with Crippen LogP contribution in [0.4, 0.5) is 0 Å². The third kappa shape index (κ3) is 2.27. The normalized spacial score (nSPS) is 15.4. The molecular weight excluding hydrogens is 222 g/mol.